The highest BCUT2D eigenvalue weighted by molar-refractivity contribution is 9.10. The van der Waals surface area contributed by atoms with Gasteiger partial charge >= 0.3 is 5.97 Å². The maximum Gasteiger partial charge on any atom is 0.336 e. The second kappa shape index (κ2) is 5.75. The summed E-state index contributed by atoms with van der Waals surface area (Å²) in [6, 6.07) is 9.06. The second-order valence-electron chi connectivity index (χ2n) is 4.17. The summed E-state index contributed by atoms with van der Waals surface area (Å²) in [6.45, 7) is 3.92. The number of halogens is 1. The zero-order valence-electron chi connectivity index (χ0n) is 10.5. The molecular weight excluding hydrogens is 326 g/mol. The molecule has 0 aliphatic carbocycles. The molecule has 0 fully saturated rings. The summed E-state index contributed by atoms with van der Waals surface area (Å²) in [4.78, 5) is 16.3. The highest BCUT2D eigenvalue weighted by Gasteiger charge is 2.12. The minimum Gasteiger partial charge on any atom is -0.478 e. The van der Waals surface area contributed by atoms with Crippen molar-refractivity contribution < 1.29 is 9.90 Å². The first kappa shape index (κ1) is 14.1. The fourth-order valence-corrected chi connectivity index (χ4v) is 3.35. The van der Waals surface area contributed by atoms with E-state index in [0.717, 1.165) is 20.8 Å². The van der Waals surface area contributed by atoms with E-state index < -0.39 is 5.97 Å². The summed E-state index contributed by atoms with van der Waals surface area (Å²) in [7, 11) is 0. The van der Waals surface area contributed by atoms with Crippen molar-refractivity contribution in [1.82, 2.24) is 4.98 Å². The highest BCUT2D eigenvalue weighted by Crippen LogP contribution is 2.32. The van der Waals surface area contributed by atoms with Gasteiger partial charge in [-0.15, -0.1) is 0 Å². The fourth-order valence-electron chi connectivity index (χ4n) is 1.73. The van der Waals surface area contributed by atoms with Crippen LogP contribution in [0.15, 0.2) is 44.7 Å². The summed E-state index contributed by atoms with van der Waals surface area (Å²) in [5.74, 6) is -0.931. The Morgan fingerprint density at radius 1 is 1.26 bits per heavy atom. The number of aryl methyl sites for hydroxylation is 2. The van der Waals surface area contributed by atoms with Crippen LogP contribution in [0, 0.1) is 13.8 Å². The molecule has 0 aliphatic heterocycles. The number of aromatic carboxylic acids is 1. The van der Waals surface area contributed by atoms with Crippen molar-refractivity contribution >= 4 is 33.7 Å². The fraction of sp³-hybridized carbons (Fsp3) is 0.143. The Balaban J connectivity index is 2.42. The van der Waals surface area contributed by atoms with Crippen molar-refractivity contribution in [2.75, 3.05) is 0 Å². The first-order valence-electron chi connectivity index (χ1n) is 5.61. The molecule has 1 aromatic carbocycles. The molecule has 0 atom stereocenters. The van der Waals surface area contributed by atoms with E-state index in [1.807, 2.05) is 26.0 Å². The molecule has 0 saturated heterocycles. The number of pyridine rings is 1. The van der Waals surface area contributed by atoms with E-state index in [-0.39, 0.29) is 5.56 Å². The molecular formula is C14H12BrNO2S. The van der Waals surface area contributed by atoms with E-state index in [4.69, 9.17) is 0 Å². The lowest BCUT2D eigenvalue weighted by Gasteiger charge is -2.07. The van der Waals surface area contributed by atoms with E-state index in [1.54, 1.807) is 18.2 Å². The van der Waals surface area contributed by atoms with E-state index >= 15 is 0 Å². The summed E-state index contributed by atoms with van der Waals surface area (Å²) in [6.07, 6.45) is 0. The predicted octanol–water partition coefficient (Wildman–Crippen LogP) is 4.31. The molecule has 0 radical (unpaired) electrons. The minimum atomic E-state index is -0.931. The Labute approximate surface area is 124 Å². The third-order valence-corrected chi connectivity index (χ3v) is 3.93. The predicted molar refractivity (Wildman–Crippen MR) is 78.9 cm³/mol. The first-order chi connectivity index (χ1) is 8.95. The van der Waals surface area contributed by atoms with Crippen molar-refractivity contribution in [2.45, 2.75) is 23.8 Å². The van der Waals surface area contributed by atoms with E-state index in [0.29, 0.717) is 4.90 Å². The van der Waals surface area contributed by atoms with Gasteiger partial charge in [-0.2, -0.15) is 0 Å². The molecule has 19 heavy (non-hydrogen) atoms. The van der Waals surface area contributed by atoms with E-state index in [2.05, 4.69) is 20.9 Å². The summed E-state index contributed by atoms with van der Waals surface area (Å²) in [5, 5.41) is 10.00. The Kier molecular flexibility index (Phi) is 4.27. The van der Waals surface area contributed by atoms with Crippen molar-refractivity contribution in [2.24, 2.45) is 0 Å². The van der Waals surface area contributed by atoms with Crippen LogP contribution in [0.1, 0.15) is 21.6 Å². The average molecular weight is 338 g/mol. The van der Waals surface area contributed by atoms with Crippen LogP contribution in [0.5, 0.6) is 0 Å². The standard InChI is InChI=1S/C14H12BrNO2S/c1-8-5-9(2)16-13(6-8)19-12-7-10(15)3-4-11(12)14(17)18/h3-7H,1-2H3,(H,17,18). The quantitative estimate of drug-likeness (QED) is 0.906. The molecule has 0 aliphatic rings. The topological polar surface area (TPSA) is 50.2 Å². The SMILES string of the molecule is Cc1cc(C)nc(Sc2cc(Br)ccc2C(=O)O)c1. The summed E-state index contributed by atoms with van der Waals surface area (Å²) >= 11 is 4.72. The lowest BCUT2D eigenvalue weighted by molar-refractivity contribution is 0.0693. The number of nitrogens with zero attached hydrogens (tertiary/aromatic N) is 1. The maximum atomic E-state index is 11.2. The van der Waals surface area contributed by atoms with E-state index in [9.17, 15) is 9.90 Å². The van der Waals surface area contributed by atoms with Crippen molar-refractivity contribution in [3.8, 4) is 0 Å². The largest absolute Gasteiger partial charge is 0.478 e. The number of rotatable bonds is 3. The van der Waals surface area contributed by atoms with Crippen LogP contribution in [0.4, 0.5) is 0 Å². The Morgan fingerprint density at radius 2 is 2.00 bits per heavy atom. The monoisotopic (exact) mass is 337 g/mol. The number of carbonyl (C=O) groups is 1. The molecule has 1 N–H and O–H groups in total. The number of hydrogen-bond acceptors (Lipinski definition) is 3. The minimum absolute atomic E-state index is 0.286. The van der Waals surface area contributed by atoms with Gasteiger partial charge in [-0.3, -0.25) is 0 Å². The van der Waals surface area contributed by atoms with Crippen LogP contribution in [0.2, 0.25) is 0 Å². The molecule has 0 amide bonds. The third kappa shape index (κ3) is 3.58. The molecule has 3 nitrogen and oxygen atoms in total. The molecule has 98 valence electrons. The molecule has 0 bridgehead atoms. The number of aromatic nitrogens is 1. The Hall–Kier alpha value is -1.33. The molecule has 2 rings (SSSR count). The normalized spacial score (nSPS) is 10.5. The van der Waals surface area contributed by atoms with Gasteiger partial charge in [0.1, 0.15) is 5.03 Å². The Bertz CT molecular complexity index is 623. The molecule has 0 spiro atoms. The Morgan fingerprint density at radius 3 is 2.63 bits per heavy atom. The van der Waals surface area contributed by atoms with Crippen LogP contribution in [0.25, 0.3) is 0 Å². The number of hydrogen-bond donors (Lipinski definition) is 1. The summed E-state index contributed by atoms with van der Waals surface area (Å²) < 4.78 is 0.851. The van der Waals surface area contributed by atoms with Gasteiger partial charge in [0.05, 0.1) is 5.56 Å². The zero-order valence-corrected chi connectivity index (χ0v) is 12.9. The average Bonchev–Trinajstić information content (AvgIpc) is 2.26. The smallest absolute Gasteiger partial charge is 0.336 e. The number of benzene rings is 1. The lowest BCUT2D eigenvalue weighted by atomic mass is 10.2. The van der Waals surface area contributed by atoms with Crippen molar-refractivity contribution in [3.63, 3.8) is 0 Å². The van der Waals surface area contributed by atoms with Crippen LogP contribution in [-0.4, -0.2) is 16.1 Å². The maximum absolute atomic E-state index is 11.2. The van der Waals surface area contributed by atoms with Crippen LogP contribution >= 0.6 is 27.7 Å². The van der Waals surface area contributed by atoms with Gasteiger partial charge in [0.25, 0.3) is 0 Å². The van der Waals surface area contributed by atoms with Gasteiger partial charge in [0.15, 0.2) is 0 Å². The molecule has 2 aromatic rings. The van der Waals surface area contributed by atoms with Gasteiger partial charge in [0, 0.05) is 15.1 Å². The third-order valence-electron chi connectivity index (χ3n) is 2.46. The highest BCUT2D eigenvalue weighted by atomic mass is 79.9. The lowest BCUT2D eigenvalue weighted by Crippen LogP contribution is -1.99. The molecule has 0 unspecified atom stereocenters. The zero-order chi connectivity index (χ0) is 14.0. The van der Waals surface area contributed by atoms with Crippen LogP contribution < -0.4 is 0 Å². The summed E-state index contributed by atoms with van der Waals surface area (Å²) in [5.41, 5.74) is 2.32. The van der Waals surface area contributed by atoms with Gasteiger partial charge in [-0.05, 0) is 49.7 Å². The van der Waals surface area contributed by atoms with Gasteiger partial charge < -0.3 is 5.11 Å². The van der Waals surface area contributed by atoms with Gasteiger partial charge in [-0.1, -0.05) is 27.7 Å². The second-order valence-corrected chi connectivity index (χ2v) is 6.15. The molecule has 5 heteroatoms. The molecule has 1 aromatic heterocycles. The van der Waals surface area contributed by atoms with E-state index in [1.165, 1.54) is 11.8 Å². The first-order valence-corrected chi connectivity index (χ1v) is 7.22. The van der Waals surface area contributed by atoms with Gasteiger partial charge in [0.2, 0.25) is 0 Å². The molecule has 1 heterocycles. The number of carboxylic acid groups (broad SMARTS) is 1. The van der Waals surface area contributed by atoms with Crippen LogP contribution in [-0.2, 0) is 0 Å². The van der Waals surface area contributed by atoms with Crippen molar-refractivity contribution in [3.05, 3.63) is 51.6 Å². The van der Waals surface area contributed by atoms with Crippen LogP contribution in [0.3, 0.4) is 0 Å². The molecule has 0 saturated carbocycles. The van der Waals surface area contributed by atoms with Gasteiger partial charge in [-0.25, -0.2) is 9.78 Å². The van der Waals surface area contributed by atoms with Crippen molar-refractivity contribution in [1.29, 1.82) is 0 Å². The number of carboxylic acids is 1.